The number of ether oxygens (including phenoxy) is 1. The topological polar surface area (TPSA) is 29.5 Å². The van der Waals surface area contributed by atoms with E-state index in [-0.39, 0.29) is 6.10 Å². The molecule has 2 aliphatic rings. The van der Waals surface area contributed by atoms with Crippen LogP contribution >= 0.6 is 0 Å². The van der Waals surface area contributed by atoms with E-state index in [1.807, 2.05) is 13.8 Å². The maximum atomic E-state index is 10.3. The lowest BCUT2D eigenvalue weighted by atomic mass is 9.79. The van der Waals surface area contributed by atoms with Gasteiger partial charge in [-0.3, -0.25) is 0 Å². The molecule has 2 fully saturated rings. The van der Waals surface area contributed by atoms with Crippen LogP contribution in [0.5, 0.6) is 0 Å². The largest absolute Gasteiger partial charge is 0.387 e. The van der Waals surface area contributed by atoms with Crippen molar-refractivity contribution < 1.29 is 9.84 Å². The fourth-order valence-electron chi connectivity index (χ4n) is 3.58. The smallest absolute Gasteiger partial charge is 0.0880 e. The molecule has 0 saturated heterocycles. The minimum atomic E-state index is -0.649. The molecule has 0 spiro atoms. The molecular formula is C13H24O2. The van der Waals surface area contributed by atoms with Gasteiger partial charge in [-0.15, -0.1) is 0 Å². The number of aliphatic hydroxyl groups is 1. The van der Waals surface area contributed by atoms with E-state index >= 15 is 0 Å². The van der Waals surface area contributed by atoms with Crippen LogP contribution in [-0.2, 0) is 4.74 Å². The first kappa shape index (κ1) is 11.4. The lowest BCUT2D eigenvalue weighted by molar-refractivity contribution is -0.0886. The van der Waals surface area contributed by atoms with Crippen LogP contribution in [0.2, 0.25) is 0 Å². The van der Waals surface area contributed by atoms with Gasteiger partial charge in [-0.25, -0.2) is 0 Å². The van der Waals surface area contributed by atoms with Gasteiger partial charge in [-0.2, -0.15) is 0 Å². The first-order valence-electron chi connectivity index (χ1n) is 6.28. The molecule has 0 aliphatic heterocycles. The molecule has 0 aromatic rings. The lowest BCUT2D eigenvalue weighted by Crippen LogP contribution is -2.41. The van der Waals surface area contributed by atoms with Crippen molar-refractivity contribution in [2.75, 3.05) is 7.11 Å². The second-order valence-electron chi connectivity index (χ2n) is 5.87. The van der Waals surface area contributed by atoms with Gasteiger partial charge in [0.05, 0.1) is 11.7 Å². The van der Waals surface area contributed by atoms with Crippen molar-refractivity contribution in [1.29, 1.82) is 0 Å². The third-order valence-electron chi connectivity index (χ3n) is 4.79. The van der Waals surface area contributed by atoms with Crippen LogP contribution in [0, 0.1) is 17.8 Å². The Labute approximate surface area is 93.0 Å². The summed E-state index contributed by atoms with van der Waals surface area (Å²) in [6.07, 6.45) is 6.45. The highest BCUT2D eigenvalue weighted by Gasteiger charge is 2.43. The third kappa shape index (κ3) is 2.21. The molecule has 0 radical (unpaired) electrons. The fraction of sp³-hybridized carbons (Fsp3) is 1.00. The van der Waals surface area contributed by atoms with Crippen LogP contribution in [0.1, 0.15) is 46.0 Å². The van der Waals surface area contributed by atoms with E-state index in [0.717, 1.165) is 24.2 Å². The molecule has 1 N–H and O–H groups in total. The average Bonchev–Trinajstić information content (AvgIpc) is 2.77. The molecule has 2 nitrogen and oxygen atoms in total. The molecule has 0 aromatic carbocycles. The summed E-state index contributed by atoms with van der Waals surface area (Å²) in [6.45, 7) is 3.89. The van der Waals surface area contributed by atoms with Crippen molar-refractivity contribution in [3.8, 4) is 0 Å². The molecule has 2 aliphatic carbocycles. The Kier molecular flexibility index (Phi) is 3.09. The Morgan fingerprint density at radius 3 is 2.60 bits per heavy atom. The number of methoxy groups -OCH3 is 1. The summed E-state index contributed by atoms with van der Waals surface area (Å²) in [4.78, 5) is 0. The first-order chi connectivity index (χ1) is 7.03. The highest BCUT2D eigenvalue weighted by Crippen LogP contribution is 2.51. The molecule has 0 aromatic heterocycles. The summed E-state index contributed by atoms with van der Waals surface area (Å²) < 4.78 is 5.26. The Balaban J connectivity index is 1.91. The van der Waals surface area contributed by atoms with E-state index in [0.29, 0.717) is 0 Å². The number of hydrogen-bond donors (Lipinski definition) is 1. The molecule has 2 saturated carbocycles. The summed E-state index contributed by atoms with van der Waals surface area (Å²) in [6, 6.07) is 0. The van der Waals surface area contributed by atoms with Gasteiger partial charge >= 0.3 is 0 Å². The molecule has 5 atom stereocenters. The van der Waals surface area contributed by atoms with Crippen molar-refractivity contribution in [2.24, 2.45) is 17.8 Å². The molecule has 2 rings (SSSR count). The van der Waals surface area contributed by atoms with Crippen molar-refractivity contribution in [3.63, 3.8) is 0 Å². The van der Waals surface area contributed by atoms with E-state index in [4.69, 9.17) is 4.74 Å². The van der Waals surface area contributed by atoms with E-state index < -0.39 is 5.60 Å². The van der Waals surface area contributed by atoms with E-state index in [1.54, 1.807) is 7.11 Å². The standard InChI is InChI=1S/C13H24O2/c1-9(15-3)13(2,14)8-12-7-10-4-5-11(12)6-10/h9-12,14H,4-8H2,1-3H3. The van der Waals surface area contributed by atoms with Crippen LogP contribution in [0.15, 0.2) is 0 Å². The highest BCUT2D eigenvalue weighted by molar-refractivity contribution is 4.94. The van der Waals surface area contributed by atoms with Crippen LogP contribution in [0.3, 0.4) is 0 Å². The molecule has 2 bridgehead atoms. The maximum absolute atomic E-state index is 10.3. The minimum Gasteiger partial charge on any atom is -0.387 e. The SMILES string of the molecule is COC(C)C(C)(O)CC1CC2CCC1C2. The average molecular weight is 212 g/mol. The van der Waals surface area contributed by atoms with E-state index in [1.165, 1.54) is 25.7 Å². The van der Waals surface area contributed by atoms with Crippen LogP contribution in [0.25, 0.3) is 0 Å². The molecule has 0 heterocycles. The van der Waals surface area contributed by atoms with E-state index in [2.05, 4.69) is 0 Å². The summed E-state index contributed by atoms with van der Waals surface area (Å²) in [5.74, 6) is 2.61. The van der Waals surface area contributed by atoms with Crippen LogP contribution in [0.4, 0.5) is 0 Å². The van der Waals surface area contributed by atoms with Gasteiger partial charge in [0.2, 0.25) is 0 Å². The molecule has 15 heavy (non-hydrogen) atoms. The van der Waals surface area contributed by atoms with Crippen molar-refractivity contribution in [1.82, 2.24) is 0 Å². The predicted molar refractivity (Wildman–Crippen MR) is 60.6 cm³/mol. The summed E-state index contributed by atoms with van der Waals surface area (Å²) in [5, 5.41) is 10.3. The molecule has 5 unspecified atom stereocenters. The fourth-order valence-corrected chi connectivity index (χ4v) is 3.58. The van der Waals surface area contributed by atoms with Gasteiger partial charge in [0, 0.05) is 7.11 Å². The van der Waals surface area contributed by atoms with Gasteiger partial charge < -0.3 is 9.84 Å². The monoisotopic (exact) mass is 212 g/mol. The zero-order valence-electron chi connectivity index (χ0n) is 10.2. The Bertz CT molecular complexity index is 225. The highest BCUT2D eigenvalue weighted by atomic mass is 16.5. The predicted octanol–water partition coefficient (Wildman–Crippen LogP) is 2.60. The molecule has 0 amide bonds. The van der Waals surface area contributed by atoms with Crippen molar-refractivity contribution >= 4 is 0 Å². The van der Waals surface area contributed by atoms with Crippen molar-refractivity contribution in [2.45, 2.75) is 57.7 Å². The van der Waals surface area contributed by atoms with Crippen LogP contribution < -0.4 is 0 Å². The van der Waals surface area contributed by atoms with Gasteiger partial charge in [0.25, 0.3) is 0 Å². The Morgan fingerprint density at radius 1 is 1.40 bits per heavy atom. The third-order valence-corrected chi connectivity index (χ3v) is 4.79. The Hall–Kier alpha value is -0.0800. The summed E-state index contributed by atoms with van der Waals surface area (Å²) in [5.41, 5.74) is -0.649. The zero-order chi connectivity index (χ0) is 11.1. The maximum Gasteiger partial charge on any atom is 0.0880 e. The van der Waals surface area contributed by atoms with E-state index in [9.17, 15) is 5.11 Å². The first-order valence-corrected chi connectivity index (χ1v) is 6.28. The normalized spacial score (nSPS) is 40.4. The second-order valence-corrected chi connectivity index (χ2v) is 5.87. The summed E-state index contributed by atoms with van der Waals surface area (Å²) in [7, 11) is 1.68. The van der Waals surface area contributed by atoms with Crippen LogP contribution in [-0.4, -0.2) is 23.9 Å². The minimum absolute atomic E-state index is 0.0587. The van der Waals surface area contributed by atoms with Gasteiger partial charge in [-0.1, -0.05) is 6.42 Å². The molecule has 2 heteroatoms. The second kappa shape index (κ2) is 4.06. The lowest BCUT2D eigenvalue weighted by Gasteiger charge is -2.34. The van der Waals surface area contributed by atoms with Crippen molar-refractivity contribution in [3.05, 3.63) is 0 Å². The zero-order valence-corrected chi connectivity index (χ0v) is 10.2. The summed E-state index contributed by atoms with van der Waals surface area (Å²) >= 11 is 0. The number of fused-ring (bicyclic) bond motifs is 2. The Morgan fingerprint density at radius 2 is 2.13 bits per heavy atom. The van der Waals surface area contributed by atoms with Gasteiger partial charge in [0.1, 0.15) is 0 Å². The quantitative estimate of drug-likeness (QED) is 0.776. The van der Waals surface area contributed by atoms with Gasteiger partial charge in [0.15, 0.2) is 0 Å². The number of hydrogen-bond acceptors (Lipinski definition) is 2. The molecular weight excluding hydrogens is 188 g/mol. The molecule has 88 valence electrons. The number of rotatable bonds is 4. The van der Waals surface area contributed by atoms with Gasteiger partial charge in [-0.05, 0) is 57.3 Å².